The van der Waals surface area contributed by atoms with Crippen molar-refractivity contribution < 1.29 is 18.3 Å². The van der Waals surface area contributed by atoms with Crippen molar-refractivity contribution in [3.63, 3.8) is 0 Å². The Kier molecular flexibility index (Phi) is 5.41. The largest absolute Gasteiger partial charge is 0.489 e. The molecule has 25 heavy (non-hydrogen) atoms. The molecule has 6 heteroatoms. The second kappa shape index (κ2) is 7.72. The average molecular weight is 381 g/mol. The summed E-state index contributed by atoms with van der Waals surface area (Å²) in [6.45, 7) is 0.283. The third-order valence-corrected chi connectivity index (χ3v) is 3.89. The Morgan fingerprint density at radius 3 is 2.00 bits per heavy atom. The summed E-state index contributed by atoms with van der Waals surface area (Å²) in [5.41, 5.74) is 0.807. The lowest BCUT2D eigenvalue weighted by molar-refractivity contribution is 0.306. The molecule has 0 aromatic heterocycles. The fraction of sp³-hybridized carbons (Fsp3) is 0.0526. The maximum absolute atomic E-state index is 13.2. The van der Waals surface area contributed by atoms with Crippen LogP contribution in [0.25, 0.3) is 0 Å². The molecule has 0 saturated carbocycles. The van der Waals surface area contributed by atoms with Crippen molar-refractivity contribution in [2.75, 3.05) is 0 Å². The van der Waals surface area contributed by atoms with Gasteiger partial charge in [0.25, 0.3) is 0 Å². The standard InChI is InChI=1S/C19H12Cl2F2O2/c20-13-2-1-12(19(21)7-13)11-24-16-3-5-17(6-4-16)25-18-9-14(22)8-15(23)10-18/h1-10H,11H2. The summed E-state index contributed by atoms with van der Waals surface area (Å²) >= 11 is 11.9. The molecule has 0 saturated heterocycles. The second-order valence-electron chi connectivity index (χ2n) is 5.20. The SMILES string of the molecule is Fc1cc(F)cc(Oc2ccc(OCc3ccc(Cl)cc3Cl)cc2)c1. The summed E-state index contributed by atoms with van der Waals surface area (Å²) in [5, 5.41) is 1.09. The zero-order valence-electron chi connectivity index (χ0n) is 12.8. The minimum atomic E-state index is -0.699. The molecular formula is C19H12Cl2F2O2. The topological polar surface area (TPSA) is 18.5 Å². The third kappa shape index (κ3) is 4.84. The van der Waals surface area contributed by atoms with Gasteiger partial charge in [-0.2, -0.15) is 0 Å². The molecule has 0 atom stereocenters. The fourth-order valence-electron chi connectivity index (χ4n) is 2.13. The van der Waals surface area contributed by atoms with E-state index in [-0.39, 0.29) is 12.4 Å². The molecule has 0 spiro atoms. The van der Waals surface area contributed by atoms with E-state index in [1.165, 1.54) is 0 Å². The zero-order valence-corrected chi connectivity index (χ0v) is 14.3. The normalized spacial score (nSPS) is 10.6. The number of hydrogen-bond donors (Lipinski definition) is 0. The van der Waals surface area contributed by atoms with Crippen LogP contribution in [0.5, 0.6) is 17.2 Å². The highest BCUT2D eigenvalue weighted by molar-refractivity contribution is 6.35. The van der Waals surface area contributed by atoms with Crippen molar-refractivity contribution in [3.8, 4) is 17.2 Å². The first-order valence-electron chi connectivity index (χ1n) is 7.30. The van der Waals surface area contributed by atoms with Crippen LogP contribution in [-0.4, -0.2) is 0 Å². The predicted octanol–water partition coefficient (Wildman–Crippen LogP) is 6.64. The van der Waals surface area contributed by atoms with Gasteiger partial charge in [-0.15, -0.1) is 0 Å². The maximum atomic E-state index is 13.2. The molecule has 0 unspecified atom stereocenters. The van der Waals surface area contributed by atoms with E-state index in [2.05, 4.69) is 0 Å². The summed E-state index contributed by atoms with van der Waals surface area (Å²) in [5.74, 6) is -0.283. The molecule has 0 aliphatic heterocycles. The van der Waals surface area contributed by atoms with Crippen LogP contribution in [0.15, 0.2) is 60.7 Å². The van der Waals surface area contributed by atoms with Gasteiger partial charge in [0.15, 0.2) is 0 Å². The number of hydrogen-bond acceptors (Lipinski definition) is 2. The minimum absolute atomic E-state index is 0.0825. The Morgan fingerprint density at radius 1 is 0.720 bits per heavy atom. The van der Waals surface area contributed by atoms with Crippen molar-refractivity contribution >= 4 is 23.2 Å². The van der Waals surface area contributed by atoms with Crippen molar-refractivity contribution in [3.05, 3.63) is 87.9 Å². The Labute approximate surface area is 153 Å². The smallest absolute Gasteiger partial charge is 0.133 e. The highest BCUT2D eigenvalue weighted by Gasteiger charge is 2.05. The number of ether oxygens (including phenoxy) is 2. The van der Waals surface area contributed by atoms with Crippen molar-refractivity contribution in [1.29, 1.82) is 0 Å². The maximum Gasteiger partial charge on any atom is 0.133 e. The Bertz CT molecular complexity index is 863. The van der Waals surface area contributed by atoms with Crippen LogP contribution in [0.2, 0.25) is 10.0 Å². The van der Waals surface area contributed by atoms with E-state index in [1.807, 2.05) is 0 Å². The summed E-state index contributed by atoms with van der Waals surface area (Å²) in [4.78, 5) is 0. The van der Waals surface area contributed by atoms with Crippen molar-refractivity contribution in [2.24, 2.45) is 0 Å². The van der Waals surface area contributed by atoms with Gasteiger partial charge in [-0.05, 0) is 36.4 Å². The zero-order chi connectivity index (χ0) is 17.8. The Hall–Kier alpha value is -2.30. The molecule has 0 aliphatic rings. The number of halogens is 4. The third-order valence-electron chi connectivity index (χ3n) is 3.30. The second-order valence-corrected chi connectivity index (χ2v) is 6.05. The van der Waals surface area contributed by atoms with Crippen molar-refractivity contribution in [2.45, 2.75) is 6.61 Å². The van der Waals surface area contributed by atoms with Crippen molar-refractivity contribution in [1.82, 2.24) is 0 Å². The fourth-order valence-corrected chi connectivity index (χ4v) is 2.59. The highest BCUT2D eigenvalue weighted by Crippen LogP contribution is 2.26. The summed E-state index contributed by atoms with van der Waals surface area (Å²) < 4.78 is 37.4. The van der Waals surface area contributed by atoms with Crippen LogP contribution >= 0.6 is 23.2 Å². The van der Waals surface area contributed by atoms with Crippen LogP contribution in [0, 0.1) is 11.6 Å². The molecule has 3 rings (SSSR count). The van der Waals surface area contributed by atoms with E-state index in [0.29, 0.717) is 21.5 Å². The van der Waals surface area contributed by atoms with Crippen LogP contribution in [0.1, 0.15) is 5.56 Å². The molecule has 0 aliphatic carbocycles. The molecule has 0 bridgehead atoms. The first-order valence-corrected chi connectivity index (χ1v) is 8.06. The van der Waals surface area contributed by atoms with Gasteiger partial charge in [-0.25, -0.2) is 8.78 Å². The van der Waals surface area contributed by atoms with Gasteiger partial charge in [0.1, 0.15) is 35.5 Å². The number of rotatable bonds is 5. The molecule has 0 radical (unpaired) electrons. The summed E-state index contributed by atoms with van der Waals surface area (Å²) in [6, 6.07) is 14.8. The summed E-state index contributed by atoms with van der Waals surface area (Å²) in [6.07, 6.45) is 0. The van der Waals surface area contributed by atoms with E-state index in [4.69, 9.17) is 32.7 Å². The molecule has 2 nitrogen and oxygen atoms in total. The Morgan fingerprint density at radius 2 is 1.36 bits per heavy atom. The quantitative estimate of drug-likeness (QED) is 0.493. The Balaban J connectivity index is 1.63. The minimum Gasteiger partial charge on any atom is -0.489 e. The first kappa shape index (κ1) is 17.5. The predicted molar refractivity (Wildman–Crippen MR) is 93.7 cm³/mol. The molecule has 0 amide bonds. The average Bonchev–Trinajstić information content (AvgIpc) is 2.54. The van der Waals surface area contributed by atoms with Crippen LogP contribution in [-0.2, 0) is 6.61 Å². The van der Waals surface area contributed by atoms with E-state index < -0.39 is 11.6 Å². The molecule has 3 aromatic carbocycles. The number of benzene rings is 3. The van der Waals surface area contributed by atoms with Gasteiger partial charge in [0, 0.05) is 33.8 Å². The van der Waals surface area contributed by atoms with Crippen LogP contribution in [0.3, 0.4) is 0 Å². The monoisotopic (exact) mass is 380 g/mol. The van der Waals surface area contributed by atoms with Crippen LogP contribution < -0.4 is 9.47 Å². The van der Waals surface area contributed by atoms with E-state index in [0.717, 1.165) is 23.8 Å². The van der Waals surface area contributed by atoms with Gasteiger partial charge in [0.05, 0.1) is 0 Å². The van der Waals surface area contributed by atoms with E-state index in [9.17, 15) is 8.78 Å². The van der Waals surface area contributed by atoms with E-state index >= 15 is 0 Å². The summed E-state index contributed by atoms with van der Waals surface area (Å²) in [7, 11) is 0. The van der Waals surface area contributed by atoms with Gasteiger partial charge < -0.3 is 9.47 Å². The molecule has 3 aromatic rings. The van der Waals surface area contributed by atoms with Gasteiger partial charge in [-0.3, -0.25) is 0 Å². The highest BCUT2D eigenvalue weighted by atomic mass is 35.5. The molecule has 0 heterocycles. The van der Waals surface area contributed by atoms with Gasteiger partial charge in [-0.1, -0.05) is 29.3 Å². The molecule has 128 valence electrons. The molecular weight excluding hydrogens is 369 g/mol. The lowest BCUT2D eigenvalue weighted by Gasteiger charge is -2.10. The lowest BCUT2D eigenvalue weighted by atomic mass is 10.2. The van der Waals surface area contributed by atoms with Gasteiger partial charge in [0.2, 0.25) is 0 Å². The first-order chi connectivity index (χ1) is 12.0. The van der Waals surface area contributed by atoms with Gasteiger partial charge >= 0.3 is 0 Å². The lowest BCUT2D eigenvalue weighted by Crippen LogP contribution is -1.96. The molecule has 0 N–H and O–H groups in total. The van der Waals surface area contributed by atoms with E-state index in [1.54, 1.807) is 42.5 Å². The van der Waals surface area contributed by atoms with Crippen LogP contribution in [0.4, 0.5) is 8.78 Å². The molecule has 0 fully saturated rings.